The summed E-state index contributed by atoms with van der Waals surface area (Å²) >= 11 is 0. The van der Waals surface area contributed by atoms with Crippen molar-refractivity contribution in [2.24, 2.45) is 0 Å². The second-order valence-corrected chi connectivity index (χ2v) is 6.84. The summed E-state index contributed by atoms with van der Waals surface area (Å²) in [5.74, 6) is 0. The largest absolute Gasteiger partial charge is 0.504 e. The van der Waals surface area contributed by atoms with Crippen LogP contribution in [0.2, 0.25) is 0 Å². The second-order valence-electron chi connectivity index (χ2n) is 3.89. The summed E-state index contributed by atoms with van der Waals surface area (Å²) < 4.78 is 16.2. The van der Waals surface area contributed by atoms with Gasteiger partial charge in [-0.25, -0.2) is 0 Å². The average molecular weight is 240 g/mol. The van der Waals surface area contributed by atoms with Gasteiger partial charge in [-0.3, -0.25) is 0 Å². The van der Waals surface area contributed by atoms with Gasteiger partial charge < -0.3 is 13.3 Å². The molecule has 0 fully saturated rings. The maximum Gasteiger partial charge on any atom is 0.504 e. The van der Waals surface area contributed by atoms with Crippen molar-refractivity contribution in [2.45, 2.75) is 19.9 Å². The fraction of sp³-hybridized carbons (Fsp3) is 0.500. The van der Waals surface area contributed by atoms with Gasteiger partial charge in [0.15, 0.2) is 0 Å². The first kappa shape index (κ1) is 13.4. The van der Waals surface area contributed by atoms with E-state index in [9.17, 15) is 0 Å². The first-order chi connectivity index (χ1) is 7.56. The molecule has 0 amide bonds. The molecule has 0 saturated carbocycles. The molecule has 0 aliphatic rings. The van der Waals surface area contributed by atoms with Crippen molar-refractivity contribution >= 4 is 8.80 Å². The Kier molecular flexibility index (Phi) is 4.67. The van der Waals surface area contributed by atoms with E-state index in [1.54, 1.807) is 21.3 Å². The number of hydrogen-bond acceptors (Lipinski definition) is 3. The van der Waals surface area contributed by atoms with Crippen molar-refractivity contribution in [1.82, 2.24) is 0 Å². The monoisotopic (exact) mass is 240 g/mol. The Morgan fingerprint density at radius 3 is 1.94 bits per heavy atom. The molecule has 3 nitrogen and oxygen atoms in total. The topological polar surface area (TPSA) is 27.7 Å². The van der Waals surface area contributed by atoms with Gasteiger partial charge in [-0.15, -0.1) is 0 Å². The minimum atomic E-state index is -2.50. The molecule has 1 aromatic carbocycles. The smallest absolute Gasteiger partial charge is 0.377 e. The fourth-order valence-electron chi connectivity index (χ4n) is 1.63. The average Bonchev–Trinajstić information content (AvgIpc) is 2.31. The number of hydrogen-bond donors (Lipinski definition) is 0. The van der Waals surface area contributed by atoms with Crippen LogP contribution in [0.1, 0.15) is 16.7 Å². The lowest BCUT2D eigenvalue weighted by Crippen LogP contribution is -2.45. The highest BCUT2D eigenvalue weighted by atomic mass is 28.4. The third-order valence-electron chi connectivity index (χ3n) is 2.92. The molecular weight excluding hydrogens is 220 g/mol. The first-order valence-electron chi connectivity index (χ1n) is 5.28. The van der Waals surface area contributed by atoms with Crippen molar-refractivity contribution < 1.29 is 13.3 Å². The van der Waals surface area contributed by atoms with Gasteiger partial charge in [0.25, 0.3) is 0 Å². The fourth-order valence-corrected chi connectivity index (χ4v) is 3.28. The molecule has 0 saturated heterocycles. The zero-order valence-electron chi connectivity index (χ0n) is 10.7. The lowest BCUT2D eigenvalue weighted by atomic mass is 10.1. The van der Waals surface area contributed by atoms with Crippen LogP contribution >= 0.6 is 0 Å². The Balaban J connectivity index is 2.89. The van der Waals surface area contributed by atoms with Gasteiger partial charge in [0, 0.05) is 27.4 Å². The van der Waals surface area contributed by atoms with Crippen molar-refractivity contribution in [3.05, 3.63) is 34.9 Å². The summed E-state index contributed by atoms with van der Waals surface area (Å²) in [6, 6.07) is 7.08. The van der Waals surface area contributed by atoms with Gasteiger partial charge in [0.2, 0.25) is 0 Å². The van der Waals surface area contributed by atoms with E-state index in [-0.39, 0.29) is 0 Å². The van der Waals surface area contributed by atoms with Gasteiger partial charge >= 0.3 is 8.80 Å². The Bertz CT molecular complexity index is 340. The molecule has 0 heterocycles. The highest BCUT2D eigenvalue weighted by Crippen LogP contribution is 2.17. The van der Waals surface area contributed by atoms with E-state index < -0.39 is 8.80 Å². The third kappa shape index (κ3) is 2.92. The molecule has 0 aromatic heterocycles. The highest BCUT2D eigenvalue weighted by molar-refractivity contribution is 6.60. The molecule has 16 heavy (non-hydrogen) atoms. The Hall–Kier alpha value is -0.683. The summed E-state index contributed by atoms with van der Waals surface area (Å²) in [6.45, 7) is 4.21. The molecule has 0 atom stereocenters. The van der Waals surface area contributed by atoms with Crippen LogP contribution in [0.25, 0.3) is 0 Å². The van der Waals surface area contributed by atoms with Crippen LogP contribution in [0.15, 0.2) is 18.2 Å². The predicted molar refractivity (Wildman–Crippen MR) is 66.4 cm³/mol. The van der Waals surface area contributed by atoms with Crippen LogP contribution in [0.4, 0.5) is 0 Å². The van der Waals surface area contributed by atoms with Crippen molar-refractivity contribution in [1.29, 1.82) is 0 Å². The highest BCUT2D eigenvalue weighted by Gasteiger charge is 2.37. The van der Waals surface area contributed by atoms with Crippen LogP contribution in [-0.2, 0) is 19.3 Å². The molecule has 0 radical (unpaired) electrons. The van der Waals surface area contributed by atoms with Crippen LogP contribution in [0.5, 0.6) is 0 Å². The van der Waals surface area contributed by atoms with Crippen LogP contribution in [0.3, 0.4) is 0 Å². The summed E-state index contributed by atoms with van der Waals surface area (Å²) in [4.78, 5) is 0. The van der Waals surface area contributed by atoms with Crippen molar-refractivity contribution in [3.8, 4) is 0 Å². The maximum atomic E-state index is 5.40. The molecule has 0 aliphatic heterocycles. The Morgan fingerprint density at radius 1 is 0.938 bits per heavy atom. The van der Waals surface area contributed by atoms with E-state index in [1.165, 1.54) is 16.7 Å². The standard InChI is InChI=1S/C12H20O3Si/c1-10-6-7-12(8-11(10)2)9-16(13-3,14-4)15-5/h6-8H,9H2,1-5H3. The second kappa shape index (κ2) is 5.59. The first-order valence-corrected chi connectivity index (χ1v) is 7.21. The normalized spacial score (nSPS) is 11.8. The third-order valence-corrected chi connectivity index (χ3v) is 5.63. The molecule has 90 valence electrons. The minimum Gasteiger partial charge on any atom is -0.377 e. The van der Waals surface area contributed by atoms with Gasteiger partial charge in [-0.2, -0.15) is 0 Å². The van der Waals surface area contributed by atoms with Gasteiger partial charge in [-0.05, 0) is 30.5 Å². The lowest BCUT2D eigenvalue weighted by Gasteiger charge is -2.24. The van der Waals surface area contributed by atoms with Crippen molar-refractivity contribution in [2.75, 3.05) is 21.3 Å². The zero-order chi connectivity index (χ0) is 12.2. The minimum absolute atomic E-state index is 0.706. The van der Waals surface area contributed by atoms with Gasteiger partial charge in [-0.1, -0.05) is 18.2 Å². The molecule has 0 bridgehead atoms. The predicted octanol–water partition coefficient (Wildman–Crippen LogP) is 2.26. The van der Waals surface area contributed by atoms with E-state index in [4.69, 9.17) is 13.3 Å². The summed E-state index contributed by atoms with van der Waals surface area (Å²) in [7, 11) is 2.42. The molecule has 0 spiro atoms. The summed E-state index contributed by atoms with van der Waals surface area (Å²) in [5.41, 5.74) is 3.77. The lowest BCUT2D eigenvalue weighted by molar-refractivity contribution is 0.122. The summed E-state index contributed by atoms with van der Waals surface area (Å²) in [5, 5.41) is 0. The van der Waals surface area contributed by atoms with E-state index in [2.05, 4.69) is 32.0 Å². The van der Waals surface area contributed by atoms with E-state index >= 15 is 0 Å². The summed E-state index contributed by atoms with van der Waals surface area (Å²) in [6.07, 6.45) is 0. The van der Waals surface area contributed by atoms with E-state index in [1.807, 2.05) is 0 Å². The molecule has 1 aromatic rings. The van der Waals surface area contributed by atoms with E-state index in [0.29, 0.717) is 6.04 Å². The Labute approximate surface area is 98.7 Å². The van der Waals surface area contributed by atoms with Crippen LogP contribution in [-0.4, -0.2) is 30.1 Å². The SMILES string of the molecule is CO[Si](Cc1ccc(C)c(C)c1)(OC)OC. The van der Waals surface area contributed by atoms with Gasteiger partial charge in [0.1, 0.15) is 0 Å². The van der Waals surface area contributed by atoms with Crippen molar-refractivity contribution in [3.63, 3.8) is 0 Å². The number of benzene rings is 1. The van der Waals surface area contributed by atoms with Crippen LogP contribution < -0.4 is 0 Å². The number of aryl methyl sites for hydroxylation is 2. The molecule has 0 unspecified atom stereocenters. The number of rotatable bonds is 5. The van der Waals surface area contributed by atoms with Crippen LogP contribution in [0, 0.1) is 13.8 Å². The zero-order valence-corrected chi connectivity index (χ0v) is 11.7. The van der Waals surface area contributed by atoms with Gasteiger partial charge in [0.05, 0.1) is 0 Å². The molecule has 0 aliphatic carbocycles. The quantitative estimate of drug-likeness (QED) is 0.739. The molecule has 1 rings (SSSR count). The maximum absolute atomic E-state index is 5.40. The molecule has 0 N–H and O–H groups in total. The molecule has 4 heteroatoms. The molecular formula is C12H20O3Si. The van der Waals surface area contributed by atoms with E-state index in [0.717, 1.165) is 0 Å². The Morgan fingerprint density at radius 2 is 1.50 bits per heavy atom.